The Balaban J connectivity index is 2.61. The molecule has 0 saturated carbocycles. The monoisotopic (exact) mass is 301 g/mol. The molecule has 2 atom stereocenters. The molecule has 0 aromatic heterocycles. The molecule has 0 unspecified atom stereocenters. The SMILES string of the molecule is COC(=O)[C@H](CC(=O)OC(C)(C)C)NC(=O)[C@@H]1CCCO1. The van der Waals surface area contributed by atoms with Crippen molar-refractivity contribution in [3.8, 4) is 0 Å². The van der Waals surface area contributed by atoms with E-state index in [-0.39, 0.29) is 6.42 Å². The van der Waals surface area contributed by atoms with Gasteiger partial charge in [0.15, 0.2) is 0 Å². The minimum atomic E-state index is -1.07. The molecule has 0 aromatic carbocycles. The molecule has 0 aliphatic carbocycles. The zero-order valence-electron chi connectivity index (χ0n) is 12.9. The maximum Gasteiger partial charge on any atom is 0.328 e. The summed E-state index contributed by atoms with van der Waals surface area (Å²) in [5.41, 5.74) is -0.656. The highest BCUT2D eigenvalue weighted by molar-refractivity contribution is 5.89. The highest BCUT2D eigenvalue weighted by Crippen LogP contribution is 2.13. The number of ether oxygens (including phenoxy) is 3. The Morgan fingerprint density at radius 2 is 2.00 bits per heavy atom. The van der Waals surface area contributed by atoms with Crippen molar-refractivity contribution >= 4 is 17.8 Å². The Morgan fingerprint density at radius 3 is 2.48 bits per heavy atom. The molecule has 1 fully saturated rings. The third kappa shape index (κ3) is 6.12. The maximum atomic E-state index is 11.9. The van der Waals surface area contributed by atoms with E-state index in [0.717, 1.165) is 6.42 Å². The fourth-order valence-corrected chi connectivity index (χ4v) is 1.93. The molecule has 7 heteroatoms. The zero-order chi connectivity index (χ0) is 16.0. The standard InChI is InChI=1S/C14H23NO6/c1-14(2,3)21-11(16)8-9(13(18)19-4)15-12(17)10-6-5-7-20-10/h9-10H,5-8H2,1-4H3,(H,15,17)/t9-,10-/m0/s1. The fourth-order valence-electron chi connectivity index (χ4n) is 1.93. The van der Waals surface area contributed by atoms with Gasteiger partial charge in [-0.05, 0) is 33.6 Å². The Bertz CT molecular complexity index is 395. The lowest BCUT2D eigenvalue weighted by Crippen LogP contribution is -2.47. The van der Waals surface area contributed by atoms with Crippen molar-refractivity contribution < 1.29 is 28.6 Å². The van der Waals surface area contributed by atoms with Crippen LogP contribution in [0.2, 0.25) is 0 Å². The topological polar surface area (TPSA) is 90.9 Å². The second-order valence-electron chi connectivity index (χ2n) is 5.88. The van der Waals surface area contributed by atoms with Gasteiger partial charge in [0.1, 0.15) is 17.7 Å². The number of hydrogen-bond acceptors (Lipinski definition) is 6. The minimum Gasteiger partial charge on any atom is -0.467 e. The molecule has 120 valence electrons. The summed E-state index contributed by atoms with van der Waals surface area (Å²) in [6, 6.07) is -1.07. The quantitative estimate of drug-likeness (QED) is 0.746. The van der Waals surface area contributed by atoms with Gasteiger partial charge in [0.25, 0.3) is 0 Å². The first-order valence-corrected chi connectivity index (χ1v) is 6.94. The first-order valence-electron chi connectivity index (χ1n) is 6.94. The van der Waals surface area contributed by atoms with Crippen molar-refractivity contribution in [3.05, 3.63) is 0 Å². The number of rotatable bonds is 5. The van der Waals surface area contributed by atoms with E-state index in [1.807, 2.05) is 0 Å². The van der Waals surface area contributed by atoms with Gasteiger partial charge in [0.2, 0.25) is 5.91 Å². The molecule has 1 saturated heterocycles. The first kappa shape index (κ1) is 17.4. The third-order valence-electron chi connectivity index (χ3n) is 2.82. The molecule has 0 spiro atoms. The van der Waals surface area contributed by atoms with E-state index in [9.17, 15) is 14.4 Å². The lowest BCUT2D eigenvalue weighted by atomic mass is 10.1. The fraction of sp³-hybridized carbons (Fsp3) is 0.786. The lowest BCUT2D eigenvalue weighted by molar-refractivity contribution is -0.159. The number of methoxy groups -OCH3 is 1. The average Bonchev–Trinajstić information content (AvgIpc) is 2.88. The highest BCUT2D eigenvalue weighted by atomic mass is 16.6. The molecule has 1 heterocycles. The van der Waals surface area contributed by atoms with E-state index in [1.54, 1.807) is 20.8 Å². The minimum absolute atomic E-state index is 0.275. The molecule has 0 aromatic rings. The number of amides is 1. The van der Waals surface area contributed by atoms with Crippen LogP contribution in [0.1, 0.15) is 40.0 Å². The van der Waals surface area contributed by atoms with E-state index in [2.05, 4.69) is 10.1 Å². The van der Waals surface area contributed by atoms with Crippen LogP contribution in [0.15, 0.2) is 0 Å². The van der Waals surface area contributed by atoms with Crippen LogP contribution in [-0.2, 0) is 28.6 Å². The van der Waals surface area contributed by atoms with Crippen LogP contribution in [0.5, 0.6) is 0 Å². The summed E-state index contributed by atoms with van der Waals surface area (Å²) in [7, 11) is 1.20. The van der Waals surface area contributed by atoms with Gasteiger partial charge in [-0.15, -0.1) is 0 Å². The van der Waals surface area contributed by atoms with Gasteiger partial charge in [-0.1, -0.05) is 0 Å². The predicted octanol–water partition coefficient (Wildman–Crippen LogP) is 0.555. The number of carbonyl (C=O) groups excluding carboxylic acids is 3. The second-order valence-corrected chi connectivity index (χ2v) is 5.88. The molecule has 1 rings (SSSR count). The van der Waals surface area contributed by atoms with E-state index < -0.39 is 35.6 Å². The van der Waals surface area contributed by atoms with Crippen molar-refractivity contribution in [2.24, 2.45) is 0 Å². The molecule has 1 amide bonds. The summed E-state index contributed by atoms with van der Waals surface area (Å²) >= 11 is 0. The van der Waals surface area contributed by atoms with E-state index in [0.29, 0.717) is 13.0 Å². The van der Waals surface area contributed by atoms with Crippen LogP contribution >= 0.6 is 0 Å². The Hall–Kier alpha value is -1.63. The van der Waals surface area contributed by atoms with Gasteiger partial charge < -0.3 is 19.5 Å². The zero-order valence-corrected chi connectivity index (χ0v) is 12.9. The summed E-state index contributed by atoms with van der Waals surface area (Å²) in [6.07, 6.45) is 0.553. The molecule has 1 aliphatic rings. The van der Waals surface area contributed by atoms with Crippen molar-refractivity contribution in [1.29, 1.82) is 0 Å². The third-order valence-corrected chi connectivity index (χ3v) is 2.82. The summed E-state index contributed by atoms with van der Waals surface area (Å²) in [6.45, 7) is 5.70. The van der Waals surface area contributed by atoms with Gasteiger partial charge in [-0.2, -0.15) is 0 Å². The molecular formula is C14H23NO6. The Morgan fingerprint density at radius 1 is 1.33 bits per heavy atom. The van der Waals surface area contributed by atoms with E-state index in [4.69, 9.17) is 9.47 Å². The summed E-state index contributed by atoms with van der Waals surface area (Å²) in [5, 5.41) is 2.49. The molecule has 0 radical (unpaired) electrons. The first-order chi connectivity index (χ1) is 9.73. The van der Waals surface area contributed by atoms with Gasteiger partial charge in [-0.25, -0.2) is 4.79 Å². The highest BCUT2D eigenvalue weighted by Gasteiger charge is 2.31. The van der Waals surface area contributed by atoms with Gasteiger partial charge >= 0.3 is 11.9 Å². The van der Waals surface area contributed by atoms with Crippen LogP contribution < -0.4 is 5.32 Å². The summed E-state index contributed by atoms with van der Waals surface area (Å²) in [5.74, 6) is -1.68. The normalized spacial score (nSPS) is 19.7. The number of hydrogen-bond donors (Lipinski definition) is 1. The molecular weight excluding hydrogens is 278 g/mol. The van der Waals surface area contributed by atoms with E-state index in [1.165, 1.54) is 7.11 Å². The second kappa shape index (κ2) is 7.40. The Labute approximate surface area is 124 Å². The summed E-state index contributed by atoms with van der Waals surface area (Å²) in [4.78, 5) is 35.4. The summed E-state index contributed by atoms with van der Waals surface area (Å²) < 4.78 is 15.0. The van der Waals surface area contributed by atoms with Crippen LogP contribution in [0.4, 0.5) is 0 Å². The van der Waals surface area contributed by atoms with Crippen LogP contribution in [-0.4, -0.2) is 49.3 Å². The smallest absolute Gasteiger partial charge is 0.328 e. The van der Waals surface area contributed by atoms with Crippen molar-refractivity contribution in [2.45, 2.75) is 57.8 Å². The van der Waals surface area contributed by atoms with Gasteiger partial charge in [0, 0.05) is 6.61 Å². The maximum absolute atomic E-state index is 11.9. The van der Waals surface area contributed by atoms with Crippen LogP contribution in [0.3, 0.4) is 0 Å². The molecule has 1 aliphatic heterocycles. The van der Waals surface area contributed by atoms with E-state index >= 15 is 0 Å². The average molecular weight is 301 g/mol. The number of carbonyl (C=O) groups is 3. The molecule has 7 nitrogen and oxygen atoms in total. The lowest BCUT2D eigenvalue weighted by Gasteiger charge is -2.22. The Kier molecular flexibility index (Phi) is 6.14. The predicted molar refractivity (Wildman–Crippen MR) is 73.4 cm³/mol. The van der Waals surface area contributed by atoms with Crippen LogP contribution in [0, 0.1) is 0 Å². The largest absolute Gasteiger partial charge is 0.467 e. The molecule has 21 heavy (non-hydrogen) atoms. The van der Waals surface area contributed by atoms with Crippen molar-refractivity contribution in [3.63, 3.8) is 0 Å². The van der Waals surface area contributed by atoms with Crippen LogP contribution in [0.25, 0.3) is 0 Å². The molecule has 0 bridgehead atoms. The molecule has 1 N–H and O–H groups in total. The van der Waals surface area contributed by atoms with Crippen molar-refractivity contribution in [2.75, 3.05) is 13.7 Å². The van der Waals surface area contributed by atoms with Gasteiger partial charge in [-0.3, -0.25) is 9.59 Å². The number of esters is 2. The number of nitrogens with one attached hydrogen (secondary N) is 1. The van der Waals surface area contributed by atoms with Crippen molar-refractivity contribution in [1.82, 2.24) is 5.32 Å². The van der Waals surface area contributed by atoms with Gasteiger partial charge in [0.05, 0.1) is 13.5 Å².